The van der Waals surface area contributed by atoms with Crippen molar-refractivity contribution in [1.82, 2.24) is 4.98 Å². The average Bonchev–Trinajstić information content (AvgIpc) is 2.67. The van der Waals surface area contributed by atoms with Crippen molar-refractivity contribution in [2.45, 2.75) is 6.42 Å². The van der Waals surface area contributed by atoms with Gasteiger partial charge in [-0.1, -0.05) is 6.07 Å². The molecule has 1 aliphatic rings. The van der Waals surface area contributed by atoms with Gasteiger partial charge in [0.05, 0.1) is 6.07 Å². The van der Waals surface area contributed by atoms with Crippen LogP contribution in [0.4, 0.5) is 5.82 Å². The van der Waals surface area contributed by atoms with Crippen molar-refractivity contribution in [3.63, 3.8) is 0 Å². The third kappa shape index (κ3) is 1.52. The van der Waals surface area contributed by atoms with Crippen LogP contribution in [0.3, 0.4) is 0 Å². The molecule has 0 unspecified atom stereocenters. The Morgan fingerprint density at radius 1 is 1.46 bits per heavy atom. The fraction of sp³-hybridized carbons (Fsp3) is 0.200. The molecule has 1 aromatic rings. The zero-order chi connectivity index (χ0) is 9.10. The third-order valence-corrected chi connectivity index (χ3v) is 2.02. The van der Waals surface area contributed by atoms with E-state index in [9.17, 15) is 0 Å². The van der Waals surface area contributed by atoms with Crippen molar-refractivity contribution in [1.29, 1.82) is 5.26 Å². The molecule has 64 valence electrons. The molecule has 0 spiro atoms. The van der Waals surface area contributed by atoms with Gasteiger partial charge in [0.15, 0.2) is 0 Å². The Balaban J connectivity index is 2.22. The van der Waals surface area contributed by atoms with E-state index in [1.54, 1.807) is 6.20 Å². The molecular weight excluding hydrogens is 162 g/mol. The SMILES string of the molecule is N#CC1=CN(c2ccccn2)CC1. The van der Waals surface area contributed by atoms with Gasteiger partial charge in [-0.15, -0.1) is 0 Å². The Morgan fingerprint density at radius 3 is 3.00 bits per heavy atom. The lowest BCUT2D eigenvalue weighted by atomic mass is 10.3. The summed E-state index contributed by atoms with van der Waals surface area (Å²) in [7, 11) is 0. The van der Waals surface area contributed by atoms with Crippen LogP contribution in [0.2, 0.25) is 0 Å². The highest BCUT2D eigenvalue weighted by atomic mass is 15.2. The van der Waals surface area contributed by atoms with Gasteiger partial charge in [0.1, 0.15) is 5.82 Å². The highest BCUT2D eigenvalue weighted by Gasteiger charge is 2.13. The molecule has 3 nitrogen and oxygen atoms in total. The first-order valence-electron chi connectivity index (χ1n) is 4.18. The van der Waals surface area contributed by atoms with Gasteiger partial charge in [-0.3, -0.25) is 0 Å². The van der Waals surface area contributed by atoms with Gasteiger partial charge < -0.3 is 4.90 Å². The molecule has 0 atom stereocenters. The average molecular weight is 171 g/mol. The second-order valence-corrected chi connectivity index (χ2v) is 2.90. The lowest BCUT2D eigenvalue weighted by Crippen LogP contribution is -2.13. The normalized spacial score (nSPS) is 15.3. The molecule has 0 radical (unpaired) electrons. The van der Waals surface area contributed by atoms with Gasteiger partial charge in [0, 0.05) is 30.9 Å². The molecule has 0 amide bonds. The number of nitriles is 1. The van der Waals surface area contributed by atoms with E-state index in [0.29, 0.717) is 0 Å². The van der Waals surface area contributed by atoms with Gasteiger partial charge in [0.25, 0.3) is 0 Å². The molecule has 1 aliphatic heterocycles. The van der Waals surface area contributed by atoms with Crippen molar-refractivity contribution in [2.24, 2.45) is 0 Å². The number of hydrogen-bond acceptors (Lipinski definition) is 3. The summed E-state index contributed by atoms with van der Waals surface area (Å²) in [6.45, 7) is 0.861. The summed E-state index contributed by atoms with van der Waals surface area (Å²) in [4.78, 5) is 6.20. The summed E-state index contributed by atoms with van der Waals surface area (Å²) in [5.41, 5.74) is 0.825. The van der Waals surface area contributed by atoms with Crippen LogP contribution in [-0.2, 0) is 0 Å². The van der Waals surface area contributed by atoms with Crippen molar-refractivity contribution in [3.8, 4) is 6.07 Å². The molecular formula is C10H9N3. The van der Waals surface area contributed by atoms with Gasteiger partial charge in [-0.05, 0) is 12.1 Å². The topological polar surface area (TPSA) is 39.9 Å². The molecule has 0 bridgehead atoms. The van der Waals surface area contributed by atoms with Crippen molar-refractivity contribution in [3.05, 3.63) is 36.2 Å². The van der Waals surface area contributed by atoms with Gasteiger partial charge in [-0.25, -0.2) is 4.98 Å². The first-order valence-corrected chi connectivity index (χ1v) is 4.18. The second kappa shape index (κ2) is 3.28. The van der Waals surface area contributed by atoms with Crippen LogP contribution >= 0.6 is 0 Å². The predicted octanol–water partition coefficient (Wildman–Crippen LogP) is 1.70. The molecule has 1 aromatic heterocycles. The molecule has 0 aromatic carbocycles. The van der Waals surface area contributed by atoms with E-state index in [4.69, 9.17) is 5.26 Å². The molecule has 3 heteroatoms. The number of anilines is 1. The number of aromatic nitrogens is 1. The minimum absolute atomic E-state index is 0.825. The zero-order valence-corrected chi connectivity index (χ0v) is 7.14. The van der Waals surface area contributed by atoms with E-state index in [1.807, 2.05) is 29.3 Å². The zero-order valence-electron chi connectivity index (χ0n) is 7.14. The van der Waals surface area contributed by atoms with Gasteiger partial charge in [-0.2, -0.15) is 5.26 Å². The monoisotopic (exact) mass is 171 g/mol. The molecule has 0 saturated carbocycles. The molecule has 0 aliphatic carbocycles. The highest BCUT2D eigenvalue weighted by Crippen LogP contribution is 2.19. The number of hydrogen-bond donors (Lipinski definition) is 0. The van der Waals surface area contributed by atoms with E-state index in [2.05, 4.69) is 11.1 Å². The Kier molecular flexibility index (Phi) is 1.97. The third-order valence-electron chi connectivity index (χ3n) is 2.02. The fourth-order valence-electron chi connectivity index (χ4n) is 1.35. The van der Waals surface area contributed by atoms with Gasteiger partial charge >= 0.3 is 0 Å². The summed E-state index contributed by atoms with van der Waals surface area (Å²) in [5.74, 6) is 0.910. The maximum Gasteiger partial charge on any atom is 0.132 e. The summed E-state index contributed by atoms with van der Waals surface area (Å²) >= 11 is 0. The van der Waals surface area contributed by atoms with Crippen LogP contribution in [0, 0.1) is 11.3 Å². The lowest BCUT2D eigenvalue weighted by molar-refractivity contribution is 0.964. The predicted molar refractivity (Wildman–Crippen MR) is 49.9 cm³/mol. The van der Waals surface area contributed by atoms with Gasteiger partial charge in [0.2, 0.25) is 0 Å². The maximum absolute atomic E-state index is 8.67. The van der Waals surface area contributed by atoms with E-state index >= 15 is 0 Å². The first-order chi connectivity index (χ1) is 6.40. The lowest BCUT2D eigenvalue weighted by Gasteiger charge is -2.12. The Bertz CT molecular complexity index is 362. The van der Waals surface area contributed by atoms with E-state index < -0.39 is 0 Å². The number of pyridine rings is 1. The van der Waals surface area contributed by atoms with Crippen molar-refractivity contribution >= 4 is 5.82 Å². The number of rotatable bonds is 1. The molecule has 0 fully saturated rings. The molecule has 0 saturated heterocycles. The van der Waals surface area contributed by atoms with E-state index in [0.717, 1.165) is 24.4 Å². The standard InChI is InChI=1S/C10H9N3/c11-7-9-4-6-13(8-9)10-3-1-2-5-12-10/h1-3,5,8H,4,6H2. The maximum atomic E-state index is 8.67. The van der Waals surface area contributed by atoms with Crippen molar-refractivity contribution < 1.29 is 0 Å². The number of nitrogens with zero attached hydrogens (tertiary/aromatic N) is 3. The quantitative estimate of drug-likeness (QED) is 0.645. The van der Waals surface area contributed by atoms with Crippen LogP contribution in [0.5, 0.6) is 0 Å². The van der Waals surface area contributed by atoms with Crippen LogP contribution in [-0.4, -0.2) is 11.5 Å². The molecule has 0 N–H and O–H groups in total. The minimum Gasteiger partial charge on any atom is -0.332 e. The molecule has 13 heavy (non-hydrogen) atoms. The summed E-state index contributed by atoms with van der Waals surface area (Å²) in [6.07, 6.45) is 4.45. The summed E-state index contributed by atoms with van der Waals surface area (Å²) < 4.78 is 0. The molecule has 2 rings (SSSR count). The summed E-state index contributed by atoms with van der Waals surface area (Å²) in [6, 6.07) is 7.92. The molecule has 2 heterocycles. The Labute approximate surface area is 76.9 Å². The smallest absolute Gasteiger partial charge is 0.132 e. The van der Waals surface area contributed by atoms with Crippen LogP contribution < -0.4 is 4.90 Å². The summed E-state index contributed by atoms with van der Waals surface area (Å²) in [5, 5.41) is 8.67. The van der Waals surface area contributed by atoms with Crippen LogP contribution in [0.1, 0.15) is 6.42 Å². The minimum atomic E-state index is 0.825. The Morgan fingerprint density at radius 2 is 2.38 bits per heavy atom. The fourth-order valence-corrected chi connectivity index (χ4v) is 1.35. The largest absolute Gasteiger partial charge is 0.332 e. The Hall–Kier alpha value is -1.82. The van der Waals surface area contributed by atoms with E-state index in [1.165, 1.54) is 0 Å². The highest BCUT2D eigenvalue weighted by molar-refractivity contribution is 5.47. The van der Waals surface area contributed by atoms with Crippen molar-refractivity contribution in [2.75, 3.05) is 11.4 Å². The van der Waals surface area contributed by atoms with Crippen LogP contribution in [0.15, 0.2) is 36.2 Å². The second-order valence-electron chi connectivity index (χ2n) is 2.90. The van der Waals surface area contributed by atoms with Crippen LogP contribution in [0.25, 0.3) is 0 Å². The van der Waals surface area contributed by atoms with E-state index in [-0.39, 0.29) is 0 Å². The first kappa shape index (κ1) is 7.81.